The van der Waals surface area contributed by atoms with Crippen LogP contribution in [0, 0.1) is 11.8 Å². The fourth-order valence-corrected chi connectivity index (χ4v) is 7.07. The Labute approximate surface area is 283 Å². The molecule has 14 heteroatoms. The molecule has 2 fully saturated rings. The first-order chi connectivity index (χ1) is 23.2. The molecule has 2 aromatic carbocycles. The molecule has 3 heterocycles. The summed E-state index contributed by atoms with van der Waals surface area (Å²) in [5, 5.41) is 3.09. The first kappa shape index (κ1) is 36.0. The number of aromatic nitrogens is 1. The number of nitrogens with zero attached hydrogens (tertiary/aromatic N) is 3. The van der Waals surface area contributed by atoms with Crippen LogP contribution in [0.25, 0.3) is 0 Å². The van der Waals surface area contributed by atoms with E-state index in [1.54, 1.807) is 23.1 Å². The summed E-state index contributed by atoms with van der Waals surface area (Å²) in [5.41, 5.74) is 1.84. The van der Waals surface area contributed by atoms with E-state index in [0.717, 1.165) is 18.2 Å². The van der Waals surface area contributed by atoms with E-state index in [-0.39, 0.29) is 51.8 Å². The molecule has 49 heavy (non-hydrogen) atoms. The fourth-order valence-electron chi connectivity index (χ4n) is 6.44. The van der Waals surface area contributed by atoms with Crippen molar-refractivity contribution in [1.29, 1.82) is 0 Å². The highest BCUT2D eigenvalue weighted by atomic mass is 32.2. The van der Waals surface area contributed by atoms with Crippen LogP contribution in [0.3, 0.4) is 0 Å². The third kappa shape index (κ3) is 9.44. The van der Waals surface area contributed by atoms with E-state index in [1.807, 2.05) is 6.92 Å². The van der Waals surface area contributed by atoms with Gasteiger partial charge in [-0.15, -0.1) is 13.2 Å². The summed E-state index contributed by atoms with van der Waals surface area (Å²) >= 11 is 0. The number of alkyl halides is 3. The highest BCUT2D eigenvalue weighted by Crippen LogP contribution is 2.26. The van der Waals surface area contributed by atoms with E-state index in [1.165, 1.54) is 48.7 Å². The maximum atomic E-state index is 13.2. The Morgan fingerprint density at radius 3 is 2.14 bits per heavy atom. The van der Waals surface area contributed by atoms with Crippen molar-refractivity contribution >= 4 is 27.4 Å². The van der Waals surface area contributed by atoms with Crippen molar-refractivity contribution in [2.75, 3.05) is 32.4 Å². The summed E-state index contributed by atoms with van der Waals surface area (Å²) in [5.74, 6) is -1.02. The van der Waals surface area contributed by atoms with Crippen molar-refractivity contribution in [2.45, 2.75) is 56.5 Å². The van der Waals surface area contributed by atoms with Crippen LogP contribution in [0.5, 0.6) is 5.75 Å². The van der Waals surface area contributed by atoms with Gasteiger partial charge in [-0.2, -0.15) is 0 Å². The molecule has 0 spiro atoms. The lowest BCUT2D eigenvalue weighted by atomic mass is 9.88. The third-order valence-electron chi connectivity index (χ3n) is 9.19. The predicted octanol–water partition coefficient (Wildman–Crippen LogP) is 5.15. The van der Waals surface area contributed by atoms with Gasteiger partial charge < -0.3 is 15.0 Å². The lowest BCUT2D eigenvalue weighted by Crippen LogP contribution is -2.50. The average molecular weight is 701 g/mol. The number of nitrogens with one attached hydrogen (secondary N) is 1. The van der Waals surface area contributed by atoms with Crippen molar-refractivity contribution in [2.24, 2.45) is 11.8 Å². The van der Waals surface area contributed by atoms with E-state index in [0.29, 0.717) is 63.1 Å². The van der Waals surface area contributed by atoms with Gasteiger partial charge in [0.2, 0.25) is 0 Å². The number of piperidine rings is 2. The van der Waals surface area contributed by atoms with Crippen LogP contribution >= 0.6 is 0 Å². The lowest BCUT2D eigenvalue weighted by Gasteiger charge is -2.38. The van der Waals surface area contributed by atoms with Gasteiger partial charge in [-0.1, -0.05) is 37.6 Å². The second-order valence-electron chi connectivity index (χ2n) is 12.6. The molecule has 0 bridgehead atoms. The summed E-state index contributed by atoms with van der Waals surface area (Å²) in [6.07, 6.45) is 0.240. The SMILES string of the molecule is CC[C@@H]1CN(Cc2ccc(OC(F)(F)F)cc2)CC[C@H]1NC(=O)c1ccc(C(=O)N2CCC(C(=O)c3ccc(S(C)(=O)=O)cc3)CC2)cn1. The molecule has 0 radical (unpaired) electrons. The number of ether oxygens (including phenoxy) is 1. The van der Waals surface area contributed by atoms with Gasteiger partial charge in [0, 0.05) is 62.7 Å². The molecule has 1 aromatic heterocycles. The lowest BCUT2D eigenvalue weighted by molar-refractivity contribution is -0.274. The van der Waals surface area contributed by atoms with E-state index >= 15 is 0 Å². The van der Waals surface area contributed by atoms with Crippen LogP contribution in [0.15, 0.2) is 71.8 Å². The molecule has 2 aliphatic rings. The highest BCUT2D eigenvalue weighted by Gasteiger charge is 2.32. The van der Waals surface area contributed by atoms with Crippen molar-refractivity contribution < 1.29 is 40.7 Å². The average Bonchev–Trinajstić information content (AvgIpc) is 3.08. The number of pyridine rings is 1. The summed E-state index contributed by atoms with van der Waals surface area (Å²) in [4.78, 5) is 47.6. The Morgan fingerprint density at radius 1 is 0.918 bits per heavy atom. The molecule has 10 nitrogen and oxygen atoms in total. The van der Waals surface area contributed by atoms with Crippen molar-refractivity contribution in [3.63, 3.8) is 0 Å². The number of hydrogen-bond acceptors (Lipinski definition) is 8. The van der Waals surface area contributed by atoms with Crippen LogP contribution in [0.2, 0.25) is 0 Å². The highest BCUT2D eigenvalue weighted by molar-refractivity contribution is 7.90. The number of ketones is 1. The molecule has 2 saturated heterocycles. The van der Waals surface area contributed by atoms with E-state index < -0.39 is 16.2 Å². The van der Waals surface area contributed by atoms with Gasteiger partial charge >= 0.3 is 6.36 Å². The van der Waals surface area contributed by atoms with E-state index in [2.05, 4.69) is 19.9 Å². The molecule has 1 N–H and O–H groups in total. The zero-order valence-electron chi connectivity index (χ0n) is 27.3. The quantitative estimate of drug-likeness (QED) is 0.288. The van der Waals surface area contributed by atoms with E-state index in [9.17, 15) is 36.0 Å². The Balaban J connectivity index is 1.09. The number of rotatable bonds is 10. The third-order valence-corrected chi connectivity index (χ3v) is 10.3. The topological polar surface area (TPSA) is 126 Å². The van der Waals surface area contributed by atoms with Gasteiger partial charge in [0.05, 0.1) is 10.5 Å². The smallest absolute Gasteiger partial charge is 0.406 e. The number of carbonyl (C=O) groups is 3. The fraction of sp³-hybridized carbons (Fsp3) is 0.429. The normalized spacial score (nSPS) is 19.3. The van der Waals surface area contributed by atoms with Crippen molar-refractivity contribution in [3.8, 4) is 5.75 Å². The number of sulfone groups is 1. The summed E-state index contributed by atoms with van der Waals surface area (Å²) in [7, 11) is -3.36. The van der Waals surface area contributed by atoms with Gasteiger partial charge in [0.25, 0.3) is 11.8 Å². The molecule has 2 aliphatic heterocycles. The molecular weight excluding hydrogens is 661 g/mol. The Bertz CT molecular complexity index is 1740. The molecule has 0 saturated carbocycles. The number of benzene rings is 2. The van der Waals surface area contributed by atoms with Crippen LogP contribution in [-0.2, 0) is 16.4 Å². The Morgan fingerprint density at radius 2 is 1.57 bits per heavy atom. The van der Waals surface area contributed by atoms with Crippen LogP contribution in [0.1, 0.15) is 69.4 Å². The Hall–Kier alpha value is -4.30. The zero-order valence-corrected chi connectivity index (χ0v) is 28.1. The first-order valence-electron chi connectivity index (χ1n) is 16.2. The van der Waals surface area contributed by atoms with Gasteiger partial charge in [-0.3, -0.25) is 24.3 Å². The summed E-state index contributed by atoms with van der Waals surface area (Å²) in [6, 6.07) is 14.8. The van der Waals surface area contributed by atoms with E-state index in [4.69, 9.17) is 0 Å². The van der Waals surface area contributed by atoms with Crippen LogP contribution in [0.4, 0.5) is 13.2 Å². The maximum absolute atomic E-state index is 13.2. The second-order valence-corrected chi connectivity index (χ2v) is 14.6. The van der Waals surface area contributed by atoms with Crippen molar-refractivity contribution in [3.05, 3.63) is 89.2 Å². The zero-order chi connectivity index (χ0) is 35.3. The largest absolute Gasteiger partial charge is 0.573 e. The van der Waals surface area contributed by atoms with Crippen LogP contribution in [-0.4, -0.2) is 85.6 Å². The molecule has 262 valence electrons. The van der Waals surface area contributed by atoms with Gasteiger partial charge in [0.1, 0.15) is 11.4 Å². The van der Waals surface area contributed by atoms with Crippen LogP contribution < -0.4 is 10.1 Å². The molecule has 0 aliphatic carbocycles. The summed E-state index contributed by atoms with van der Waals surface area (Å²) < 4.78 is 64.7. The summed E-state index contributed by atoms with van der Waals surface area (Å²) in [6.45, 7) is 4.78. The first-order valence-corrected chi connectivity index (χ1v) is 18.1. The minimum absolute atomic E-state index is 0.0756. The number of carbonyl (C=O) groups excluding carboxylic acids is 3. The van der Waals surface area contributed by atoms with Gasteiger partial charge in [-0.25, -0.2) is 8.42 Å². The number of halogens is 3. The van der Waals surface area contributed by atoms with Crippen molar-refractivity contribution in [1.82, 2.24) is 20.1 Å². The molecule has 3 aromatic rings. The molecule has 0 unspecified atom stereocenters. The van der Waals surface area contributed by atoms with Gasteiger partial charge in [-0.05, 0) is 67.1 Å². The molecule has 2 atom stereocenters. The molecule has 2 amide bonds. The number of likely N-dealkylation sites (tertiary alicyclic amines) is 2. The standard InChI is InChI=1S/C35H39F3N4O6S/c1-3-24-22-41(21-23-4-9-28(10-5-23)48-35(36,37)38)17-16-30(24)40-33(44)31-13-8-27(20-39-31)34(45)42-18-14-26(15-19-42)32(43)25-6-11-29(12-7-25)49(2,46)47/h4-13,20,24,26,30H,3,14-19,21-22H2,1-2H3,(H,40,44)/t24-,30-/m1/s1. The number of hydrogen-bond donors (Lipinski definition) is 1. The second kappa shape index (κ2) is 15.1. The molecular formula is C35H39F3N4O6S. The number of amides is 2. The predicted molar refractivity (Wildman–Crippen MR) is 175 cm³/mol. The minimum Gasteiger partial charge on any atom is -0.406 e. The van der Waals surface area contributed by atoms with Gasteiger partial charge in [0.15, 0.2) is 15.6 Å². The molecule has 5 rings (SSSR count). The monoisotopic (exact) mass is 700 g/mol. The Kier molecular flexibility index (Phi) is 11.1. The number of Topliss-reactive ketones (excluding diaryl/α,β-unsaturated/α-hetero) is 1. The minimum atomic E-state index is -4.73. The maximum Gasteiger partial charge on any atom is 0.573 e.